The van der Waals surface area contributed by atoms with Gasteiger partial charge in [0.2, 0.25) is 0 Å². The molecule has 0 saturated carbocycles. The van der Waals surface area contributed by atoms with Gasteiger partial charge < -0.3 is 5.11 Å². The summed E-state index contributed by atoms with van der Waals surface area (Å²) in [4.78, 5) is 2.47. The van der Waals surface area contributed by atoms with Crippen LogP contribution in [0.2, 0.25) is 0 Å². The van der Waals surface area contributed by atoms with Crippen LogP contribution in [-0.4, -0.2) is 11.2 Å². The highest BCUT2D eigenvalue weighted by Gasteiger charge is 2.01. The molecule has 0 aliphatic carbocycles. The number of hydrogen-bond donors (Lipinski definition) is 1. The predicted octanol–water partition coefficient (Wildman–Crippen LogP) is 3.87. The molecule has 2 aromatic rings. The highest BCUT2D eigenvalue weighted by molar-refractivity contribution is 7.15. The fourth-order valence-electron chi connectivity index (χ4n) is 1.25. The second-order valence-electron chi connectivity index (χ2n) is 3.31. The van der Waals surface area contributed by atoms with E-state index in [4.69, 9.17) is 5.11 Å². The molecule has 0 fully saturated rings. The largest absolute Gasteiger partial charge is 0.389 e. The van der Waals surface area contributed by atoms with Gasteiger partial charge in [0.15, 0.2) is 0 Å². The summed E-state index contributed by atoms with van der Waals surface area (Å²) in [5.74, 6) is 0. The van der Waals surface area contributed by atoms with Gasteiger partial charge in [-0.25, -0.2) is 0 Å². The molecule has 1 unspecified atom stereocenters. The van der Waals surface area contributed by atoms with Crippen molar-refractivity contribution in [2.45, 2.75) is 13.0 Å². The van der Waals surface area contributed by atoms with E-state index in [1.54, 1.807) is 35.7 Å². The Balaban J connectivity index is 2.18. The molecule has 3 heteroatoms. The van der Waals surface area contributed by atoms with Gasteiger partial charge in [0.1, 0.15) is 0 Å². The predicted molar refractivity (Wildman–Crippen MR) is 68.3 cm³/mol. The minimum Gasteiger partial charge on any atom is -0.389 e. The third kappa shape index (κ3) is 2.78. The Morgan fingerprint density at radius 1 is 1.40 bits per heavy atom. The molecule has 2 rings (SSSR count). The van der Waals surface area contributed by atoms with E-state index >= 15 is 0 Å². The van der Waals surface area contributed by atoms with Crippen LogP contribution in [0.25, 0.3) is 16.5 Å². The molecule has 15 heavy (non-hydrogen) atoms. The van der Waals surface area contributed by atoms with Crippen molar-refractivity contribution in [3.8, 4) is 10.4 Å². The molecular formula is C12H12OS2. The Hall–Kier alpha value is -0.900. The number of aliphatic hydroxyl groups excluding tert-OH is 1. The zero-order valence-electron chi connectivity index (χ0n) is 8.38. The lowest BCUT2D eigenvalue weighted by Gasteiger charge is -1.91. The molecule has 2 aromatic heterocycles. The highest BCUT2D eigenvalue weighted by atomic mass is 32.1. The first kappa shape index (κ1) is 10.6. The molecule has 0 bridgehead atoms. The first-order valence-corrected chi connectivity index (χ1v) is 6.50. The Morgan fingerprint density at radius 3 is 2.93 bits per heavy atom. The topological polar surface area (TPSA) is 20.2 Å². The van der Waals surface area contributed by atoms with E-state index in [1.807, 2.05) is 6.08 Å². The highest BCUT2D eigenvalue weighted by Crippen LogP contribution is 2.29. The summed E-state index contributed by atoms with van der Waals surface area (Å²) in [6, 6.07) is 6.33. The van der Waals surface area contributed by atoms with E-state index in [1.165, 1.54) is 15.3 Å². The molecule has 0 saturated heterocycles. The summed E-state index contributed by atoms with van der Waals surface area (Å²) in [7, 11) is 0. The monoisotopic (exact) mass is 236 g/mol. The Bertz CT molecular complexity index is 438. The van der Waals surface area contributed by atoms with E-state index in [9.17, 15) is 0 Å². The van der Waals surface area contributed by atoms with Gasteiger partial charge in [0.25, 0.3) is 0 Å². The standard InChI is InChI=1S/C12H12OS2/c1-9(13)4-5-11-7-10(8-15-11)12-3-2-6-14-12/h2-9,13H,1H3/b5-4+. The maximum absolute atomic E-state index is 9.12. The Labute approximate surface area is 97.3 Å². The van der Waals surface area contributed by atoms with Gasteiger partial charge in [0.05, 0.1) is 6.10 Å². The van der Waals surface area contributed by atoms with Gasteiger partial charge in [-0.1, -0.05) is 12.1 Å². The lowest BCUT2D eigenvalue weighted by atomic mass is 10.2. The van der Waals surface area contributed by atoms with Gasteiger partial charge in [-0.2, -0.15) is 0 Å². The minimum absolute atomic E-state index is 0.378. The van der Waals surface area contributed by atoms with Crippen LogP contribution in [0.4, 0.5) is 0 Å². The van der Waals surface area contributed by atoms with Crippen molar-refractivity contribution >= 4 is 28.7 Å². The van der Waals surface area contributed by atoms with Gasteiger partial charge in [-0.3, -0.25) is 0 Å². The average Bonchev–Trinajstić information content (AvgIpc) is 2.85. The quantitative estimate of drug-likeness (QED) is 0.857. The van der Waals surface area contributed by atoms with E-state index in [-0.39, 0.29) is 6.10 Å². The molecule has 0 aliphatic heterocycles. The zero-order chi connectivity index (χ0) is 10.7. The Kier molecular flexibility index (Phi) is 3.36. The van der Waals surface area contributed by atoms with Crippen molar-refractivity contribution in [1.29, 1.82) is 0 Å². The summed E-state index contributed by atoms with van der Waals surface area (Å²) in [6.07, 6.45) is 3.38. The molecule has 1 N–H and O–H groups in total. The molecule has 78 valence electrons. The van der Waals surface area contributed by atoms with Crippen molar-refractivity contribution in [1.82, 2.24) is 0 Å². The van der Waals surface area contributed by atoms with Crippen LogP contribution in [-0.2, 0) is 0 Å². The van der Waals surface area contributed by atoms with Gasteiger partial charge in [0, 0.05) is 15.3 Å². The molecule has 0 aliphatic rings. The van der Waals surface area contributed by atoms with E-state index in [0.717, 1.165) is 0 Å². The molecule has 2 heterocycles. The van der Waals surface area contributed by atoms with Crippen LogP contribution in [0.5, 0.6) is 0 Å². The maximum atomic E-state index is 9.12. The maximum Gasteiger partial charge on any atom is 0.0696 e. The third-order valence-electron chi connectivity index (χ3n) is 1.96. The average molecular weight is 236 g/mol. The SMILES string of the molecule is CC(O)/C=C/c1cc(-c2cccs2)cs1. The molecule has 0 spiro atoms. The third-order valence-corrected chi connectivity index (χ3v) is 3.78. The van der Waals surface area contributed by atoms with E-state index in [0.29, 0.717) is 0 Å². The number of aliphatic hydroxyl groups is 1. The normalized spacial score (nSPS) is 13.5. The lowest BCUT2D eigenvalue weighted by Crippen LogP contribution is -1.90. The van der Waals surface area contributed by atoms with Crippen LogP contribution in [0.1, 0.15) is 11.8 Å². The first-order valence-electron chi connectivity index (χ1n) is 4.74. The van der Waals surface area contributed by atoms with Crippen molar-refractivity contribution in [3.63, 3.8) is 0 Å². The van der Waals surface area contributed by atoms with Crippen LogP contribution >= 0.6 is 22.7 Å². The van der Waals surface area contributed by atoms with E-state index < -0.39 is 0 Å². The fraction of sp³-hybridized carbons (Fsp3) is 0.167. The molecule has 0 amide bonds. The summed E-state index contributed by atoms with van der Waals surface area (Å²) in [5.41, 5.74) is 1.26. The Morgan fingerprint density at radius 2 is 2.27 bits per heavy atom. The van der Waals surface area contributed by atoms with Crippen molar-refractivity contribution in [2.75, 3.05) is 0 Å². The first-order chi connectivity index (χ1) is 7.25. The van der Waals surface area contributed by atoms with E-state index in [2.05, 4.69) is 29.0 Å². The molecule has 1 atom stereocenters. The van der Waals surface area contributed by atoms with Gasteiger partial charge in [-0.15, -0.1) is 22.7 Å². The molecule has 1 nitrogen and oxygen atoms in total. The number of thiophene rings is 2. The van der Waals surface area contributed by atoms with Crippen LogP contribution in [0.15, 0.2) is 35.0 Å². The van der Waals surface area contributed by atoms with Crippen LogP contribution < -0.4 is 0 Å². The number of rotatable bonds is 3. The second-order valence-corrected chi connectivity index (χ2v) is 5.21. The lowest BCUT2D eigenvalue weighted by molar-refractivity contribution is 0.245. The van der Waals surface area contributed by atoms with Crippen molar-refractivity contribution in [2.24, 2.45) is 0 Å². The fourth-order valence-corrected chi connectivity index (χ4v) is 2.85. The summed E-state index contributed by atoms with van der Waals surface area (Å²) < 4.78 is 0. The van der Waals surface area contributed by atoms with Crippen LogP contribution in [0.3, 0.4) is 0 Å². The molecule has 0 radical (unpaired) electrons. The molecular weight excluding hydrogens is 224 g/mol. The smallest absolute Gasteiger partial charge is 0.0696 e. The zero-order valence-corrected chi connectivity index (χ0v) is 10.0. The summed E-state index contributed by atoms with van der Waals surface area (Å²) in [5, 5.41) is 13.4. The summed E-state index contributed by atoms with van der Waals surface area (Å²) >= 11 is 3.45. The second kappa shape index (κ2) is 4.75. The summed E-state index contributed by atoms with van der Waals surface area (Å²) in [6.45, 7) is 1.75. The van der Waals surface area contributed by atoms with Gasteiger partial charge >= 0.3 is 0 Å². The van der Waals surface area contributed by atoms with Crippen molar-refractivity contribution in [3.05, 3.63) is 39.9 Å². The minimum atomic E-state index is -0.378. The van der Waals surface area contributed by atoms with Crippen LogP contribution in [0, 0.1) is 0 Å². The number of hydrogen-bond acceptors (Lipinski definition) is 3. The molecule has 0 aromatic carbocycles. The van der Waals surface area contributed by atoms with Gasteiger partial charge in [-0.05, 0) is 35.9 Å². The van der Waals surface area contributed by atoms with Crippen molar-refractivity contribution < 1.29 is 5.11 Å².